The molecule has 42 heteroatoms. The number of alkyl halides is 3. The minimum absolute atomic E-state index is 0.00499. The van der Waals surface area contributed by atoms with Crippen molar-refractivity contribution in [1.82, 2.24) is 84.2 Å². The van der Waals surface area contributed by atoms with Gasteiger partial charge in [0.1, 0.15) is 103 Å². The van der Waals surface area contributed by atoms with Gasteiger partial charge in [-0.2, -0.15) is 33.2 Å². The zero-order valence-corrected chi connectivity index (χ0v) is 82.5. The van der Waals surface area contributed by atoms with E-state index >= 15 is 0 Å². The number of sulfone groups is 2. The Morgan fingerprint density at radius 2 is 1.17 bits per heavy atom. The maximum atomic E-state index is 14.3. The number of aryl methyl sites for hydroxylation is 3. The van der Waals surface area contributed by atoms with Gasteiger partial charge in [-0.05, 0) is 241 Å². The largest absolute Gasteiger partial charge is 0.490 e. The number of H-pyrrole nitrogens is 1. The van der Waals surface area contributed by atoms with Gasteiger partial charge in [0.25, 0.3) is 27.4 Å². The number of rotatable bonds is 30. The Hall–Kier alpha value is -14.8. The van der Waals surface area contributed by atoms with Crippen LogP contribution in [0.1, 0.15) is 73.0 Å². The number of benzene rings is 6. The van der Waals surface area contributed by atoms with E-state index in [1.54, 1.807) is 121 Å². The Labute approximate surface area is 832 Å². The summed E-state index contributed by atoms with van der Waals surface area (Å²) in [6.07, 6.45) is 11.4. The predicted molar refractivity (Wildman–Crippen MR) is 542 cm³/mol. The van der Waals surface area contributed by atoms with Gasteiger partial charge in [-0.15, -0.1) is 16.0 Å². The molecule has 6 aromatic carbocycles. The second-order valence-corrected chi connectivity index (χ2v) is 41.7. The maximum Gasteiger partial charge on any atom is 0.403 e. The first kappa shape index (κ1) is 99.4. The molecule has 0 saturated carbocycles. The van der Waals surface area contributed by atoms with E-state index in [-0.39, 0.29) is 93.8 Å². The van der Waals surface area contributed by atoms with Gasteiger partial charge in [-0.25, -0.2) is 36.0 Å². The SMILES string of the molecule is C=C(c1cc2cnc(Nc3ccc(OC4CCN(C)C4)cc3)nc2n(Cc2ccsc2S(=O)(=O)CC(F)(F)F)c1=O)C1CCOCC1.CN(c1ccccc1)c1cc2cnc(Nc3ccc(OC4CCCNC4)cc3)nc2n(Cc2nn(C)cc2S(=O)(=O)c2ccccc2)c1=O.Cc1ccccc1Oc1cc2cnc(Nc3ccc(OC4CCNCC4)cc3)nc2n(Cc2n[nH][n+](C)c2S(=O)c2ccncc2)c1=O. The molecule has 0 aliphatic carbocycles. The molecule has 144 heavy (non-hydrogen) atoms. The van der Waals surface area contributed by atoms with Gasteiger partial charge in [0.15, 0.2) is 21.3 Å². The number of para-hydroxylation sites is 2. The van der Waals surface area contributed by atoms with E-state index in [1.807, 2.05) is 135 Å². The summed E-state index contributed by atoms with van der Waals surface area (Å²) in [5.41, 5.74) is 5.41. The topological polar surface area (TPSA) is 405 Å². The first-order chi connectivity index (χ1) is 69.5. The van der Waals surface area contributed by atoms with Crippen molar-refractivity contribution in [2.24, 2.45) is 20.0 Å². The molecule has 0 spiro atoms. The highest BCUT2D eigenvalue weighted by atomic mass is 32.2. The molecule has 4 fully saturated rings. The zero-order valence-electron chi connectivity index (χ0n) is 79.2. The number of piperidine rings is 2. The van der Waals surface area contributed by atoms with Crippen LogP contribution in [-0.4, -0.2) is 191 Å². The molecule has 6 N–H and O–H groups in total. The van der Waals surface area contributed by atoms with Crippen LogP contribution in [0.3, 0.4) is 0 Å². The van der Waals surface area contributed by atoms with Crippen LogP contribution >= 0.6 is 11.3 Å². The lowest BCUT2D eigenvalue weighted by molar-refractivity contribution is -0.764. The van der Waals surface area contributed by atoms with E-state index in [2.05, 4.69) is 85.4 Å². The molecular formula is C102H104F3N22O13S4+. The van der Waals surface area contributed by atoms with Crippen LogP contribution in [0, 0.1) is 12.8 Å². The van der Waals surface area contributed by atoms with Crippen LogP contribution in [0.2, 0.25) is 0 Å². The molecule has 4 aliphatic rings. The third kappa shape index (κ3) is 23.6. The molecule has 3 unspecified atom stereocenters. The Bertz CT molecular complexity index is 7790. The van der Waals surface area contributed by atoms with Crippen molar-refractivity contribution in [3.8, 4) is 28.7 Å². The number of anilines is 8. The number of fused-ring (bicyclic) bond motifs is 3. The summed E-state index contributed by atoms with van der Waals surface area (Å²) in [7, 11) is -3.01. The number of ether oxygens (including phenoxy) is 5. The number of hydrogen-bond donors (Lipinski definition) is 6. The van der Waals surface area contributed by atoms with Gasteiger partial charge in [0, 0.05) is 139 Å². The number of pyridine rings is 4. The van der Waals surface area contributed by atoms with E-state index in [0.717, 1.165) is 111 Å². The van der Waals surface area contributed by atoms with Crippen LogP contribution < -0.4 is 71.8 Å². The third-order valence-electron chi connectivity index (χ3n) is 24.9. The number of aromatic amines is 1. The van der Waals surface area contributed by atoms with Crippen LogP contribution in [0.5, 0.6) is 28.7 Å². The highest BCUT2D eigenvalue weighted by molar-refractivity contribution is 7.93. The summed E-state index contributed by atoms with van der Waals surface area (Å²) in [6.45, 7) is 12.3. The van der Waals surface area contributed by atoms with Crippen LogP contribution in [-0.2, 0) is 68.9 Å². The van der Waals surface area contributed by atoms with Crippen LogP contribution in [0.4, 0.5) is 59.5 Å². The number of allylic oxidation sites excluding steroid dienone is 1. The van der Waals surface area contributed by atoms with Gasteiger partial charge in [0.2, 0.25) is 27.7 Å². The van der Waals surface area contributed by atoms with Gasteiger partial charge in [-0.1, -0.05) is 66.4 Å². The van der Waals surface area contributed by atoms with Crippen LogP contribution in [0.25, 0.3) is 38.7 Å². The van der Waals surface area contributed by atoms with Gasteiger partial charge in [0.05, 0.1) is 22.9 Å². The molecule has 10 aromatic heterocycles. The molecule has 3 atom stereocenters. The molecule has 4 aliphatic heterocycles. The van der Waals surface area contributed by atoms with Crippen LogP contribution in [0.15, 0.2) is 282 Å². The van der Waals surface area contributed by atoms with E-state index in [9.17, 15) is 48.6 Å². The number of nitrogens with zero attached hydrogens (tertiary/aromatic N) is 16. The average molecular weight is 2030 g/mol. The minimum Gasteiger partial charge on any atom is -0.490 e. The van der Waals surface area contributed by atoms with Gasteiger partial charge >= 0.3 is 6.18 Å². The molecule has 0 bridgehead atoms. The Morgan fingerprint density at radius 1 is 0.618 bits per heavy atom. The van der Waals surface area contributed by atoms with E-state index in [4.69, 9.17) is 33.7 Å². The normalized spacial score (nSPS) is 15.7. The molecule has 16 aromatic rings. The molecular weight excluding hydrogens is 1930 g/mol. The number of likely N-dealkylation sites (N-methyl/N-ethyl adjacent to an activating group) is 1. The summed E-state index contributed by atoms with van der Waals surface area (Å²) >= 11 is 0.684. The Kier molecular flexibility index (Phi) is 30.3. The fraction of sp³-hybridized carbons (Fsp3) is 0.284. The Morgan fingerprint density at radius 3 is 1.76 bits per heavy atom. The fourth-order valence-electron chi connectivity index (χ4n) is 17.5. The summed E-state index contributed by atoms with van der Waals surface area (Å²) in [5.74, 6) is 1.69. The van der Waals surface area contributed by atoms with E-state index in [1.165, 1.54) is 36.0 Å². The van der Waals surface area contributed by atoms with Crippen molar-refractivity contribution in [3.63, 3.8) is 0 Å². The number of aromatic nitrogens is 15. The molecule has 14 heterocycles. The smallest absolute Gasteiger partial charge is 0.403 e. The summed E-state index contributed by atoms with van der Waals surface area (Å²) in [4.78, 5) is 79.0. The first-order valence-corrected chi connectivity index (χ1v) is 51.9. The molecule has 744 valence electrons. The number of thiophene rings is 1. The average Bonchev–Trinajstić information content (AvgIpc) is 1.57. The van der Waals surface area contributed by atoms with Gasteiger partial charge in [-0.3, -0.25) is 37.8 Å². The molecule has 0 amide bonds. The highest BCUT2D eigenvalue weighted by Gasteiger charge is 2.39. The van der Waals surface area contributed by atoms with Crippen molar-refractivity contribution >= 4 is 127 Å². The molecule has 4 saturated heterocycles. The number of hydrogen-bond acceptors (Lipinski definition) is 30. The quantitative estimate of drug-likeness (QED) is 0.0228. The van der Waals surface area contributed by atoms with E-state index < -0.39 is 57.7 Å². The van der Waals surface area contributed by atoms with Crippen molar-refractivity contribution in [2.75, 3.05) is 93.2 Å². The summed E-state index contributed by atoms with van der Waals surface area (Å²) in [5, 5.41) is 31.6. The summed E-state index contributed by atoms with van der Waals surface area (Å²) in [6, 6.07) is 57.5. The zero-order chi connectivity index (χ0) is 100. The lowest BCUT2D eigenvalue weighted by Crippen LogP contribution is -2.37. The van der Waals surface area contributed by atoms with Crippen molar-refractivity contribution in [3.05, 3.63) is 302 Å². The monoisotopic (exact) mass is 2030 g/mol. The third-order valence-corrected chi connectivity index (χ3v) is 31.6. The lowest BCUT2D eigenvalue weighted by Gasteiger charge is -2.24. The van der Waals surface area contributed by atoms with E-state index in [0.29, 0.717) is 115 Å². The fourth-order valence-corrected chi connectivity index (χ4v) is 22.8. The molecule has 35 nitrogen and oxygen atoms in total. The minimum atomic E-state index is -4.92. The van der Waals surface area contributed by atoms with Crippen molar-refractivity contribution in [2.45, 2.75) is 120 Å². The lowest BCUT2D eigenvalue weighted by atomic mass is 9.88. The predicted octanol–water partition coefficient (Wildman–Crippen LogP) is 14.5. The van der Waals surface area contributed by atoms with Crippen molar-refractivity contribution < 1.29 is 62.6 Å². The second-order valence-electron chi connectivity index (χ2n) is 35.3. The number of nitrogens with one attached hydrogen (secondary N) is 6. The van der Waals surface area contributed by atoms with Gasteiger partial charge < -0.3 is 60.1 Å². The molecule has 20 rings (SSSR count). The summed E-state index contributed by atoms with van der Waals surface area (Å²) < 4.78 is 143. The van der Waals surface area contributed by atoms with Crippen molar-refractivity contribution in [1.29, 1.82) is 0 Å². The maximum absolute atomic E-state index is 14.3. The number of halogens is 3. The Balaban J connectivity index is 0.000000142. The highest BCUT2D eigenvalue weighted by Crippen LogP contribution is 2.37. The molecule has 0 radical (unpaired) electrons. The second kappa shape index (κ2) is 44.0. The standard InChI is InChI=1S/C36H36N8O4S.C34H33N9O4S.C32H34F3N5O5S2/c1-42-24-33(49(46,47)30-13-7-4-8-14-30)31(41-42)23-44-34-25(20-32(35(44)45)43(2)27-10-5-3-6-11-27)21-38-36(40-34)39-26-15-17-28(18-16-26)48-29-12-9-19-37-22-29;1-22-5-3-4-6-29(22)47-30-19-23-20-37-34(38-24-7-9-25(10-8-24)46-26-11-15-35-16-12-26)39-31(23)43(32(30)44)21-28-33(42(2)41-40-28)48(45)27-13-17-36-18-14-27;1-20(21-8-12-44-13-9-21)27-15-23-16-36-31(37-24-3-5-25(6-4-24)45-26-7-11-39(2)18-26)38-28(23)40(29(27)41)17-22-10-14-46-30(22)47(42,43)19-32(33,34)35/h3-8,10-11,13-18,20-21,24,29,37H,9,12,19,22-23H2,1-2H3,(H,38,39,40);3-10,13-14,17-20,26,35H,11-12,15-16,21H2,1-2H3,(H,37,38,39,44);3-6,10,14-16,21,26H,1,7-9,11-13,17-19H2,2H3,(H,36,37,38)/p+1. The number of likely N-dealkylation sites (tertiary alicyclic amines) is 1. The first-order valence-electron chi connectivity index (χ1n) is 46.7.